The van der Waals surface area contributed by atoms with E-state index in [4.69, 9.17) is 4.74 Å². The highest BCUT2D eigenvalue weighted by atomic mass is 16.6. The van der Waals surface area contributed by atoms with E-state index in [1.165, 1.54) is 0 Å². The van der Waals surface area contributed by atoms with Crippen molar-refractivity contribution in [3.05, 3.63) is 32.6 Å². The van der Waals surface area contributed by atoms with Gasteiger partial charge in [-0.15, -0.1) is 0 Å². The lowest BCUT2D eigenvalue weighted by atomic mass is 10.2. The van der Waals surface area contributed by atoms with Gasteiger partial charge in [-0.05, 0) is 27.7 Å². The number of aromatic amines is 1. The molecule has 0 saturated heterocycles. The van der Waals surface area contributed by atoms with Crippen LogP contribution in [0.5, 0.6) is 0 Å². The Labute approximate surface area is 91.9 Å². The molecule has 1 N–H and O–H groups in total. The van der Waals surface area contributed by atoms with Gasteiger partial charge in [0.2, 0.25) is 0 Å². The van der Waals surface area contributed by atoms with Gasteiger partial charge in [0, 0.05) is 11.8 Å². The highest BCUT2D eigenvalue weighted by Crippen LogP contribution is 2.06. The van der Waals surface area contributed by atoms with Crippen LogP contribution in [0.2, 0.25) is 0 Å². The summed E-state index contributed by atoms with van der Waals surface area (Å²) in [4.78, 5) is 36.7. The summed E-state index contributed by atoms with van der Waals surface area (Å²) in [6.45, 7) is 6.51. The minimum Gasteiger partial charge on any atom is -0.443 e. The molecule has 0 aromatic carbocycles. The molecule has 6 heteroatoms. The largest absolute Gasteiger partial charge is 0.443 e. The van der Waals surface area contributed by atoms with Gasteiger partial charge in [0.15, 0.2) is 0 Å². The molecule has 0 atom stereocenters. The van der Waals surface area contributed by atoms with Gasteiger partial charge in [-0.3, -0.25) is 4.79 Å². The number of aromatic nitrogens is 2. The van der Waals surface area contributed by atoms with Crippen molar-refractivity contribution in [2.45, 2.75) is 33.3 Å². The van der Waals surface area contributed by atoms with E-state index < -0.39 is 22.9 Å². The van der Waals surface area contributed by atoms with E-state index >= 15 is 0 Å². The highest BCUT2D eigenvalue weighted by molar-refractivity contribution is 5.70. The molecule has 0 fully saturated rings. The normalized spacial score (nSPS) is 11.2. The molecule has 0 bridgehead atoms. The van der Waals surface area contributed by atoms with Crippen molar-refractivity contribution < 1.29 is 9.53 Å². The van der Waals surface area contributed by atoms with Gasteiger partial charge in [-0.25, -0.2) is 9.59 Å². The van der Waals surface area contributed by atoms with E-state index in [9.17, 15) is 14.4 Å². The molecule has 0 aliphatic carbocycles. The second-order valence-electron chi connectivity index (χ2n) is 4.41. The van der Waals surface area contributed by atoms with Crippen molar-refractivity contribution >= 4 is 6.09 Å². The Morgan fingerprint density at radius 2 is 1.94 bits per heavy atom. The lowest BCUT2D eigenvalue weighted by Crippen LogP contribution is -2.42. The number of carbonyl (C=O) groups is 1. The first kappa shape index (κ1) is 12.2. The smallest absolute Gasteiger partial charge is 0.425 e. The van der Waals surface area contributed by atoms with Crippen molar-refractivity contribution in [1.82, 2.24) is 9.55 Å². The molecule has 88 valence electrons. The lowest BCUT2D eigenvalue weighted by Gasteiger charge is -2.19. The van der Waals surface area contributed by atoms with E-state index in [-0.39, 0.29) is 0 Å². The van der Waals surface area contributed by atoms with Gasteiger partial charge >= 0.3 is 11.8 Å². The summed E-state index contributed by atoms with van der Waals surface area (Å²) in [7, 11) is 0. The number of H-pyrrole nitrogens is 1. The molecule has 0 amide bonds. The molecule has 1 heterocycles. The van der Waals surface area contributed by atoms with Gasteiger partial charge in [-0.2, -0.15) is 4.57 Å². The second-order valence-corrected chi connectivity index (χ2v) is 4.41. The topological polar surface area (TPSA) is 81.2 Å². The second kappa shape index (κ2) is 3.96. The average molecular weight is 226 g/mol. The van der Waals surface area contributed by atoms with Crippen LogP contribution in [0.15, 0.2) is 15.7 Å². The maximum absolute atomic E-state index is 11.5. The summed E-state index contributed by atoms with van der Waals surface area (Å²) in [6, 6.07) is 1.16. The van der Waals surface area contributed by atoms with Crippen LogP contribution in [0.1, 0.15) is 26.5 Å². The molecule has 0 unspecified atom stereocenters. The standard InChI is InChI=1S/C10H14N2O4/c1-6-5-7(13)12(8(14)11-6)9(15)16-10(2,3)4/h5H,1-4H3,(H,11,14). The fourth-order valence-electron chi connectivity index (χ4n) is 1.09. The number of ether oxygens (including phenoxy) is 1. The Morgan fingerprint density at radius 1 is 1.38 bits per heavy atom. The van der Waals surface area contributed by atoms with Gasteiger partial charge in [-0.1, -0.05) is 0 Å². The van der Waals surface area contributed by atoms with E-state index in [0.29, 0.717) is 10.3 Å². The van der Waals surface area contributed by atoms with Crippen LogP contribution >= 0.6 is 0 Å². The number of carbonyl (C=O) groups excluding carboxylic acids is 1. The van der Waals surface area contributed by atoms with Gasteiger partial charge in [0.1, 0.15) is 5.60 Å². The summed E-state index contributed by atoms with van der Waals surface area (Å²) in [5.74, 6) is 0. The molecule has 0 radical (unpaired) electrons. The molecule has 0 aliphatic rings. The zero-order valence-corrected chi connectivity index (χ0v) is 9.66. The van der Waals surface area contributed by atoms with Gasteiger partial charge < -0.3 is 9.72 Å². The van der Waals surface area contributed by atoms with Crippen LogP contribution in [-0.4, -0.2) is 21.2 Å². The van der Waals surface area contributed by atoms with E-state index in [1.54, 1.807) is 27.7 Å². The summed E-state index contributed by atoms with van der Waals surface area (Å²) in [5, 5.41) is 0. The molecular formula is C10H14N2O4. The van der Waals surface area contributed by atoms with Crippen molar-refractivity contribution in [2.24, 2.45) is 0 Å². The Bertz CT molecular complexity index is 488. The fraction of sp³-hybridized carbons (Fsp3) is 0.500. The van der Waals surface area contributed by atoms with Crippen LogP contribution in [0.3, 0.4) is 0 Å². The Kier molecular flexibility index (Phi) is 3.02. The molecule has 16 heavy (non-hydrogen) atoms. The summed E-state index contributed by atoms with van der Waals surface area (Å²) >= 11 is 0. The fourth-order valence-corrected chi connectivity index (χ4v) is 1.09. The van der Waals surface area contributed by atoms with Crippen molar-refractivity contribution in [3.8, 4) is 0 Å². The average Bonchev–Trinajstić information content (AvgIpc) is 1.96. The quantitative estimate of drug-likeness (QED) is 0.703. The maximum atomic E-state index is 11.5. The van der Waals surface area contributed by atoms with Crippen LogP contribution in [-0.2, 0) is 4.74 Å². The van der Waals surface area contributed by atoms with Crippen molar-refractivity contribution in [2.75, 3.05) is 0 Å². The van der Waals surface area contributed by atoms with Gasteiger partial charge in [0.05, 0.1) is 0 Å². The first-order valence-corrected chi connectivity index (χ1v) is 4.77. The van der Waals surface area contributed by atoms with Crippen LogP contribution in [0.25, 0.3) is 0 Å². The first-order valence-electron chi connectivity index (χ1n) is 4.77. The molecule has 1 aromatic rings. The van der Waals surface area contributed by atoms with E-state index in [0.717, 1.165) is 6.07 Å². The third-order valence-corrected chi connectivity index (χ3v) is 1.64. The van der Waals surface area contributed by atoms with Crippen LogP contribution in [0, 0.1) is 6.92 Å². The Hall–Kier alpha value is -1.85. The monoisotopic (exact) mass is 226 g/mol. The Balaban J connectivity index is 3.21. The third-order valence-electron chi connectivity index (χ3n) is 1.64. The first-order chi connectivity index (χ1) is 7.20. The minimum atomic E-state index is -0.973. The van der Waals surface area contributed by atoms with Crippen molar-refractivity contribution in [3.63, 3.8) is 0 Å². The zero-order valence-electron chi connectivity index (χ0n) is 9.66. The molecule has 0 saturated carbocycles. The van der Waals surface area contributed by atoms with Gasteiger partial charge in [0.25, 0.3) is 5.56 Å². The number of hydrogen-bond donors (Lipinski definition) is 1. The highest BCUT2D eigenvalue weighted by Gasteiger charge is 2.20. The Morgan fingerprint density at radius 3 is 2.38 bits per heavy atom. The number of nitrogens with one attached hydrogen (secondary N) is 1. The number of aryl methyl sites for hydroxylation is 1. The van der Waals surface area contributed by atoms with Crippen LogP contribution in [0.4, 0.5) is 4.79 Å². The SMILES string of the molecule is Cc1cc(=O)n(C(=O)OC(C)(C)C)c(=O)[nH]1. The molecule has 1 aromatic heterocycles. The third kappa shape index (κ3) is 2.82. The van der Waals surface area contributed by atoms with Crippen LogP contribution < -0.4 is 11.2 Å². The predicted octanol–water partition coefficient (Wildman–Crippen LogP) is 0.628. The van der Waals surface area contributed by atoms with E-state index in [1.807, 2.05) is 0 Å². The molecule has 1 rings (SSSR count). The number of rotatable bonds is 0. The zero-order chi connectivity index (χ0) is 12.5. The summed E-state index contributed by atoms with van der Waals surface area (Å²) < 4.78 is 5.36. The lowest BCUT2D eigenvalue weighted by molar-refractivity contribution is 0.0523. The molecule has 0 aliphatic heterocycles. The minimum absolute atomic E-state index is 0.398. The number of nitrogens with zero attached hydrogens (tertiary/aromatic N) is 1. The maximum Gasteiger partial charge on any atom is 0.425 e. The predicted molar refractivity (Wildman–Crippen MR) is 57.7 cm³/mol. The molecule has 0 spiro atoms. The van der Waals surface area contributed by atoms with E-state index in [2.05, 4.69) is 4.98 Å². The summed E-state index contributed by atoms with van der Waals surface area (Å²) in [5.41, 5.74) is -1.85. The molecule has 6 nitrogen and oxygen atoms in total. The molecular weight excluding hydrogens is 212 g/mol. The van der Waals surface area contributed by atoms with Crippen molar-refractivity contribution in [1.29, 1.82) is 0 Å². The number of hydrogen-bond acceptors (Lipinski definition) is 4. The summed E-state index contributed by atoms with van der Waals surface area (Å²) in [6.07, 6.45) is -0.973.